The van der Waals surface area contributed by atoms with Crippen LogP contribution in [0.1, 0.15) is 18.5 Å². The third-order valence-electron chi connectivity index (χ3n) is 4.77. The van der Waals surface area contributed by atoms with E-state index in [-0.39, 0.29) is 0 Å². The molecule has 1 aliphatic heterocycles. The second-order valence-electron chi connectivity index (χ2n) is 6.71. The Bertz CT molecular complexity index is 1100. The molecule has 0 unspecified atom stereocenters. The lowest BCUT2D eigenvalue weighted by molar-refractivity contribution is 0.413. The quantitative estimate of drug-likeness (QED) is 0.398. The first kappa shape index (κ1) is 18.3. The van der Waals surface area contributed by atoms with Crippen LogP contribution in [0.5, 0.6) is 0 Å². The predicted molar refractivity (Wildman–Crippen MR) is 112 cm³/mol. The maximum atomic E-state index is 6.50. The number of furan rings is 1. The van der Waals surface area contributed by atoms with E-state index in [4.69, 9.17) is 20.5 Å². The molecule has 148 valence electrons. The lowest BCUT2D eigenvalue weighted by Crippen LogP contribution is -2.22. The second kappa shape index (κ2) is 7.96. The molecular weight excluding hydrogens is 410 g/mol. The summed E-state index contributed by atoms with van der Waals surface area (Å²) < 4.78 is 12.8. The van der Waals surface area contributed by atoms with E-state index in [1.165, 1.54) is 0 Å². The Morgan fingerprint density at radius 1 is 1.03 bits per heavy atom. The maximum Gasteiger partial charge on any atom is 0.232 e. The number of hydrogen-bond donors (Lipinski definition) is 0. The minimum Gasteiger partial charge on any atom is -0.461 e. The zero-order chi connectivity index (χ0) is 19.6. The van der Waals surface area contributed by atoms with Gasteiger partial charge in [0, 0.05) is 24.9 Å². The zero-order valence-corrected chi connectivity index (χ0v) is 17.1. The van der Waals surface area contributed by atoms with E-state index in [0.717, 1.165) is 48.4 Å². The van der Waals surface area contributed by atoms with Gasteiger partial charge in [-0.1, -0.05) is 40.7 Å². The highest BCUT2D eigenvalue weighted by Gasteiger charge is 2.23. The minimum absolute atomic E-state index is 0.590. The van der Waals surface area contributed by atoms with E-state index in [2.05, 4.69) is 20.3 Å². The molecule has 5 rings (SSSR count). The molecule has 9 heteroatoms. The Balaban J connectivity index is 1.43. The topological polar surface area (TPSA) is 73.1 Å². The van der Waals surface area contributed by atoms with E-state index in [9.17, 15) is 0 Å². The third-order valence-corrected chi connectivity index (χ3v) is 6.05. The highest BCUT2D eigenvalue weighted by molar-refractivity contribution is 7.98. The van der Waals surface area contributed by atoms with Gasteiger partial charge in [-0.05, 0) is 37.1 Å². The fourth-order valence-electron chi connectivity index (χ4n) is 3.37. The molecule has 3 aromatic heterocycles. The van der Waals surface area contributed by atoms with Gasteiger partial charge in [-0.25, -0.2) is 0 Å². The normalized spacial score (nSPS) is 14.0. The highest BCUT2D eigenvalue weighted by Crippen LogP contribution is 2.33. The van der Waals surface area contributed by atoms with Crippen molar-refractivity contribution in [3.05, 3.63) is 59.4 Å². The molecule has 1 aromatic carbocycles. The molecular formula is C20H18ClN5O2S. The summed E-state index contributed by atoms with van der Waals surface area (Å²) in [6, 6.07) is 13.3. The first-order chi connectivity index (χ1) is 14.3. The number of anilines is 1. The molecule has 0 atom stereocenters. The summed E-state index contributed by atoms with van der Waals surface area (Å²) in [5, 5.41) is 14.5. The van der Waals surface area contributed by atoms with Crippen LogP contribution >= 0.6 is 23.4 Å². The first-order valence-electron chi connectivity index (χ1n) is 9.37. The summed E-state index contributed by atoms with van der Waals surface area (Å²) in [6.45, 7) is 1.95. The zero-order valence-electron chi connectivity index (χ0n) is 15.5. The number of para-hydroxylation sites is 1. The van der Waals surface area contributed by atoms with Crippen molar-refractivity contribution in [3.8, 4) is 17.2 Å². The lowest BCUT2D eigenvalue weighted by Gasteiger charge is -2.19. The Labute approximate surface area is 176 Å². The monoisotopic (exact) mass is 427 g/mol. The van der Waals surface area contributed by atoms with Gasteiger partial charge in [0.05, 0.1) is 22.7 Å². The summed E-state index contributed by atoms with van der Waals surface area (Å²) in [7, 11) is 0. The Hall–Kier alpha value is -2.71. The van der Waals surface area contributed by atoms with Crippen molar-refractivity contribution < 1.29 is 8.94 Å². The summed E-state index contributed by atoms with van der Waals surface area (Å²) in [6.07, 6.45) is 3.93. The van der Waals surface area contributed by atoms with Crippen LogP contribution in [0.2, 0.25) is 5.02 Å². The van der Waals surface area contributed by atoms with Crippen molar-refractivity contribution >= 4 is 29.3 Å². The SMILES string of the molecule is Clc1ccccc1-n1c(SCc2cc(-c3ccco3)on2)nnc1N1CCCC1. The highest BCUT2D eigenvalue weighted by atomic mass is 35.5. The number of rotatable bonds is 6. The molecule has 0 radical (unpaired) electrons. The molecule has 0 N–H and O–H groups in total. The Morgan fingerprint density at radius 3 is 2.69 bits per heavy atom. The van der Waals surface area contributed by atoms with Crippen molar-refractivity contribution in [3.63, 3.8) is 0 Å². The van der Waals surface area contributed by atoms with Gasteiger partial charge >= 0.3 is 0 Å². The second-order valence-corrected chi connectivity index (χ2v) is 8.06. The predicted octanol–water partition coefficient (Wildman–Crippen LogP) is 5.06. The van der Waals surface area contributed by atoms with Crippen LogP contribution in [-0.4, -0.2) is 33.0 Å². The number of halogens is 1. The largest absolute Gasteiger partial charge is 0.461 e. The summed E-state index contributed by atoms with van der Waals surface area (Å²) in [4.78, 5) is 2.26. The standard InChI is InChI=1S/C20H18ClN5O2S/c21-15-6-1-2-7-16(15)26-19(25-9-3-4-10-25)22-23-20(26)29-13-14-12-18(28-24-14)17-8-5-11-27-17/h1-2,5-8,11-12H,3-4,9-10,13H2. The van der Waals surface area contributed by atoms with E-state index in [1.807, 2.05) is 47.0 Å². The summed E-state index contributed by atoms with van der Waals surface area (Å²) in [5.41, 5.74) is 1.68. The molecule has 7 nitrogen and oxygen atoms in total. The number of aromatic nitrogens is 4. The van der Waals surface area contributed by atoms with E-state index < -0.39 is 0 Å². The van der Waals surface area contributed by atoms with Crippen molar-refractivity contribution in [2.75, 3.05) is 18.0 Å². The fourth-order valence-corrected chi connectivity index (χ4v) is 4.42. The van der Waals surface area contributed by atoms with Gasteiger partial charge in [0.25, 0.3) is 0 Å². The van der Waals surface area contributed by atoms with Gasteiger partial charge in [-0.15, -0.1) is 10.2 Å². The van der Waals surface area contributed by atoms with Crippen LogP contribution in [-0.2, 0) is 5.75 Å². The lowest BCUT2D eigenvalue weighted by atomic mass is 10.3. The minimum atomic E-state index is 0.590. The number of thioether (sulfide) groups is 1. The number of hydrogen-bond acceptors (Lipinski definition) is 7. The van der Waals surface area contributed by atoms with Gasteiger partial charge in [0.1, 0.15) is 0 Å². The Kier molecular flexibility index (Phi) is 5.03. The molecule has 29 heavy (non-hydrogen) atoms. The molecule has 4 aromatic rings. The first-order valence-corrected chi connectivity index (χ1v) is 10.7. The van der Waals surface area contributed by atoms with E-state index >= 15 is 0 Å². The third kappa shape index (κ3) is 3.65. The van der Waals surface area contributed by atoms with Crippen LogP contribution in [0.3, 0.4) is 0 Å². The molecule has 1 saturated heterocycles. The molecule has 0 bridgehead atoms. The van der Waals surface area contributed by atoms with Crippen LogP contribution in [0.25, 0.3) is 17.2 Å². The van der Waals surface area contributed by atoms with E-state index in [0.29, 0.717) is 22.3 Å². The van der Waals surface area contributed by atoms with Crippen molar-refractivity contribution in [2.45, 2.75) is 23.8 Å². The van der Waals surface area contributed by atoms with Gasteiger partial charge in [-0.2, -0.15) is 0 Å². The smallest absolute Gasteiger partial charge is 0.232 e. The van der Waals surface area contributed by atoms with Crippen LogP contribution in [0.4, 0.5) is 5.95 Å². The average molecular weight is 428 g/mol. The van der Waals surface area contributed by atoms with Crippen molar-refractivity contribution in [2.24, 2.45) is 0 Å². The number of benzene rings is 1. The molecule has 0 spiro atoms. The summed E-state index contributed by atoms with van der Waals surface area (Å²) in [5.74, 6) is 2.68. The molecule has 1 fully saturated rings. The molecule has 0 saturated carbocycles. The van der Waals surface area contributed by atoms with Crippen LogP contribution < -0.4 is 4.90 Å². The summed E-state index contributed by atoms with van der Waals surface area (Å²) >= 11 is 8.05. The van der Waals surface area contributed by atoms with Gasteiger partial charge < -0.3 is 13.8 Å². The Morgan fingerprint density at radius 2 is 1.90 bits per heavy atom. The van der Waals surface area contributed by atoms with E-state index in [1.54, 1.807) is 18.0 Å². The molecule has 4 heterocycles. The van der Waals surface area contributed by atoms with Gasteiger partial charge in [-0.3, -0.25) is 4.57 Å². The molecule has 1 aliphatic rings. The molecule has 0 amide bonds. The van der Waals surface area contributed by atoms with Crippen LogP contribution in [0, 0.1) is 0 Å². The molecule has 0 aliphatic carbocycles. The number of nitrogens with zero attached hydrogens (tertiary/aromatic N) is 5. The van der Waals surface area contributed by atoms with Crippen molar-refractivity contribution in [1.29, 1.82) is 0 Å². The maximum absolute atomic E-state index is 6.50. The van der Waals surface area contributed by atoms with Gasteiger partial charge in [0.2, 0.25) is 11.7 Å². The van der Waals surface area contributed by atoms with Gasteiger partial charge in [0.15, 0.2) is 10.9 Å². The fraction of sp³-hybridized carbons (Fsp3) is 0.250. The van der Waals surface area contributed by atoms with Crippen LogP contribution in [0.15, 0.2) is 62.8 Å². The average Bonchev–Trinajstić information content (AvgIpc) is 3.54. The van der Waals surface area contributed by atoms with Crippen molar-refractivity contribution in [1.82, 2.24) is 19.9 Å².